The molecule has 0 saturated carbocycles. The van der Waals surface area contributed by atoms with Crippen LogP contribution in [0.25, 0.3) is 10.9 Å². The number of nitrogens with one attached hydrogen (secondary N) is 2. The summed E-state index contributed by atoms with van der Waals surface area (Å²) in [5, 5.41) is 5.41. The molecule has 5 aromatic rings. The number of nitrogens with zero attached hydrogens (tertiary/aromatic N) is 1. The highest BCUT2D eigenvalue weighted by molar-refractivity contribution is 7.46. The summed E-state index contributed by atoms with van der Waals surface area (Å²) >= 11 is 0. The van der Waals surface area contributed by atoms with Gasteiger partial charge in [-0.25, -0.2) is 13.8 Å². The molecule has 0 aliphatic rings. The maximum absolute atomic E-state index is 14.2. The molecule has 46 heavy (non-hydrogen) atoms. The summed E-state index contributed by atoms with van der Waals surface area (Å²) in [5.41, 5.74) is 0.726. The predicted molar refractivity (Wildman–Crippen MR) is 160 cm³/mol. The number of amides is 2. The van der Waals surface area contributed by atoms with Crippen molar-refractivity contribution in [1.82, 2.24) is 4.57 Å². The van der Waals surface area contributed by atoms with Gasteiger partial charge in [0, 0.05) is 22.8 Å². The largest absolute Gasteiger partial charge is 0.489 e. The lowest BCUT2D eigenvalue weighted by Gasteiger charge is -2.11. The van der Waals surface area contributed by atoms with Gasteiger partial charge in [0.15, 0.2) is 0 Å². The Morgan fingerprint density at radius 2 is 1.57 bits per heavy atom. The molecule has 0 unspecified atom stereocenters. The Hall–Kier alpha value is -5.01. The van der Waals surface area contributed by atoms with E-state index in [9.17, 15) is 31.7 Å². The van der Waals surface area contributed by atoms with Crippen molar-refractivity contribution in [2.45, 2.75) is 19.4 Å². The molecule has 0 spiro atoms. The first kappa shape index (κ1) is 32.4. The average Bonchev–Trinajstić information content (AvgIpc) is 3.35. The number of phosphoric ester groups is 1. The van der Waals surface area contributed by atoms with Gasteiger partial charge in [0.25, 0.3) is 5.91 Å². The van der Waals surface area contributed by atoms with Crippen LogP contribution in [0, 0.1) is 5.82 Å². The van der Waals surface area contributed by atoms with E-state index >= 15 is 0 Å². The molecule has 238 valence electrons. The number of aromatic nitrogens is 1. The highest BCUT2D eigenvalue weighted by atomic mass is 31.2. The van der Waals surface area contributed by atoms with Crippen LogP contribution in [0.4, 0.5) is 33.7 Å². The van der Waals surface area contributed by atoms with E-state index in [-0.39, 0.29) is 34.3 Å². The fourth-order valence-electron chi connectivity index (χ4n) is 4.48. The summed E-state index contributed by atoms with van der Waals surface area (Å²) in [6.07, 6.45) is -3.13. The Morgan fingerprint density at radius 1 is 0.870 bits per heavy atom. The molecule has 0 fully saturated rings. The first-order valence-corrected chi connectivity index (χ1v) is 14.9. The fraction of sp³-hybridized carbons (Fsp3) is 0.0968. The lowest BCUT2D eigenvalue weighted by atomic mass is 10.1. The van der Waals surface area contributed by atoms with Crippen LogP contribution >= 0.6 is 7.82 Å². The molecule has 4 N–H and O–H groups in total. The van der Waals surface area contributed by atoms with Gasteiger partial charge < -0.3 is 25.2 Å². The maximum atomic E-state index is 14.2. The molecule has 5 rings (SSSR count). The SMILES string of the molecule is O=C(Nc1ccc(OCc2ccc(C(F)(F)F)cc2)cc1)Nc1cn(C(=O)c2ccccc2COP(=O)(O)O)c2ccc(F)cc12. The number of urea groups is 1. The van der Waals surface area contributed by atoms with Crippen LogP contribution in [0.5, 0.6) is 5.75 Å². The number of fused-ring (bicyclic) bond motifs is 1. The zero-order chi connectivity index (χ0) is 33.1. The lowest BCUT2D eigenvalue weighted by Crippen LogP contribution is -2.19. The topological polar surface area (TPSA) is 139 Å². The Bertz CT molecular complexity index is 1940. The summed E-state index contributed by atoms with van der Waals surface area (Å²) in [7, 11) is -4.82. The van der Waals surface area contributed by atoms with E-state index in [1.807, 2.05) is 0 Å². The van der Waals surface area contributed by atoms with E-state index in [1.54, 1.807) is 24.3 Å². The normalized spacial score (nSPS) is 11.8. The summed E-state index contributed by atoms with van der Waals surface area (Å²) in [6, 6.07) is 19.7. The number of anilines is 2. The third kappa shape index (κ3) is 7.98. The molecule has 0 saturated heterocycles. The number of hydrogen-bond donors (Lipinski definition) is 4. The molecule has 2 amide bonds. The van der Waals surface area contributed by atoms with E-state index in [0.717, 1.165) is 24.3 Å². The van der Waals surface area contributed by atoms with E-state index in [2.05, 4.69) is 15.2 Å². The number of carbonyl (C=O) groups is 2. The molecular formula is C31H24F4N3O7P. The molecule has 15 heteroatoms. The Morgan fingerprint density at radius 3 is 2.24 bits per heavy atom. The minimum atomic E-state index is -4.82. The van der Waals surface area contributed by atoms with Crippen LogP contribution < -0.4 is 15.4 Å². The molecule has 0 atom stereocenters. The van der Waals surface area contributed by atoms with Gasteiger partial charge in [-0.05, 0) is 71.8 Å². The van der Waals surface area contributed by atoms with Crippen LogP contribution in [-0.2, 0) is 28.5 Å². The van der Waals surface area contributed by atoms with E-state index in [1.165, 1.54) is 53.2 Å². The second-order valence-corrected chi connectivity index (χ2v) is 11.1. The molecule has 4 aromatic carbocycles. The van der Waals surface area contributed by atoms with Crippen LogP contribution in [0.3, 0.4) is 0 Å². The number of ether oxygens (including phenoxy) is 1. The summed E-state index contributed by atoms with van der Waals surface area (Å²) < 4.78 is 75.0. The number of benzene rings is 4. The number of carbonyl (C=O) groups excluding carboxylic acids is 2. The van der Waals surface area contributed by atoms with Crippen molar-refractivity contribution >= 4 is 42.0 Å². The smallest absolute Gasteiger partial charge is 0.469 e. The first-order valence-electron chi connectivity index (χ1n) is 13.4. The van der Waals surface area contributed by atoms with Gasteiger partial charge in [-0.15, -0.1) is 0 Å². The van der Waals surface area contributed by atoms with Crippen molar-refractivity contribution in [3.05, 3.63) is 125 Å². The summed E-state index contributed by atoms with van der Waals surface area (Å²) in [5.74, 6) is -0.847. The van der Waals surface area contributed by atoms with Crippen LogP contribution in [0.2, 0.25) is 0 Å². The summed E-state index contributed by atoms with van der Waals surface area (Å²) in [4.78, 5) is 44.6. The summed E-state index contributed by atoms with van der Waals surface area (Å²) in [6.45, 7) is -0.529. The van der Waals surface area contributed by atoms with Crippen molar-refractivity contribution in [3.63, 3.8) is 0 Å². The number of hydrogen-bond acceptors (Lipinski definition) is 5. The molecular weight excluding hydrogens is 633 g/mol. The van der Waals surface area contributed by atoms with Crippen LogP contribution in [0.15, 0.2) is 97.2 Å². The molecule has 0 bridgehead atoms. The number of halogens is 4. The fourth-order valence-corrected chi connectivity index (χ4v) is 4.79. The molecule has 0 radical (unpaired) electrons. The van der Waals surface area contributed by atoms with Crippen molar-refractivity contribution in [3.8, 4) is 5.75 Å². The third-order valence-corrected chi connectivity index (χ3v) is 7.13. The van der Waals surface area contributed by atoms with Gasteiger partial charge >= 0.3 is 20.0 Å². The highest BCUT2D eigenvalue weighted by Crippen LogP contribution is 2.37. The average molecular weight is 658 g/mol. The highest BCUT2D eigenvalue weighted by Gasteiger charge is 2.30. The van der Waals surface area contributed by atoms with E-state index < -0.39 is 43.9 Å². The Kier molecular flexibility index (Phi) is 9.26. The quantitative estimate of drug-likeness (QED) is 0.0963. The number of rotatable bonds is 9. The minimum absolute atomic E-state index is 0.0198. The second-order valence-electron chi connectivity index (χ2n) is 9.89. The molecule has 1 heterocycles. The van der Waals surface area contributed by atoms with Gasteiger partial charge in [0.05, 0.1) is 23.4 Å². The first-order chi connectivity index (χ1) is 21.8. The molecule has 10 nitrogen and oxygen atoms in total. The van der Waals surface area contributed by atoms with Gasteiger partial charge in [-0.2, -0.15) is 13.2 Å². The molecule has 1 aromatic heterocycles. The monoisotopic (exact) mass is 657 g/mol. The van der Waals surface area contributed by atoms with Crippen LogP contribution in [-0.4, -0.2) is 26.3 Å². The van der Waals surface area contributed by atoms with E-state index in [4.69, 9.17) is 14.5 Å². The van der Waals surface area contributed by atoms with E-state index in [0.29, 0.717) is 17.0 Å². The Balaban J connectivity index is 1.28. The van der Waals surface area contributed by atoms with Crippen molar-refractivity contribution in [2.75, 3.05) is 10.6 Å². The van der Waals surface area contributed by atoms with Crippen molar-refractivity contribution in [1.29, 1.82) is 0 Å². The van der Waals surface area contributed by atoms with Gasteiger partial charge in [0.1, 0.15) is 18.2 Å². The minimum Gasteiger partial charge on any atom is -0.489 e. The van der Waals surface area contributed by atoms with Gasteiger partial charge in [-0.1, -0.05) is 30.3 Å². The molecule has 0 aliphatic carbocycles. The zero-order valence-corrected chi connectivity index (χ0v) is 24.4. The van der Waals surface area contributed by atoms with Crippen molar-refractivity contribution < 1.29 is 50.8 Å². The zero-order valence-electron chi connectivity index (χ0n) is 23.5. The standard InChI is InChI=1S/C31H24F4N3O7P/c32-22-9-14-28-26(15-22)27(16-38(28)29(39)25-4-2-1-3-20(25)18-45-46(41,42)43)37-30(40)36-23-10-12-24(13-11-23)44-17-19-5-7-21(8-6-19)31(33,34)35/h1-16H,17-18H2,(H2,36,37,40)(H2,41,42,43). The Labute approximate surface area is 258 Å². The van der Waals surface area contributed by atoms with Gasteiger partial charge in [-0.3, -0.25) is 13.9 Å². The lowest BCUT2D eigenvalue weighted by molar-refractivity contribution is -0.137. The van der Waals surface area contributed by atoms with Gasteiger partial charge in [0.2, 0.25) is 0 Å². The van der Waals surface area contributed by atoms with Crippen LogP contribution in [0.1, 0.15) is 27.0 Å². The maximum Gasteiger partial charge on any atom is 0.469 e. The second kappa shape index (κ2) is 13.2. The number of phosphoric acid groups is 1. The predicted octanol–water partition coefficient (Wildman–Crippen LogP) is 7.32. The molecule has 0 aliphatic heterocycles. The third-order valence-electron chi connectivity index (χ3n) is 6.67. The van der Waals surface area contributed by atoms with Crippen molar-refractivity contribution in [2.24, 2.45) is 0 Å². The number of alkyl halides is 3.